The SMILES string of the molecule is CC(C)(C)OC(=O)N1CCC2(CC1)COCC(=O)N2. The molecule has 2 heterocycles. The number of piperidine rings is 1. The van der Waals surface area contributed by atoms with Gasteiger partial charge in [-0.15, -0.1) is 0 Å². The van der Waals surface area contributed by atoms with Gasteiger partial charge in [-0.25, -0.2) is 4.79 Å². The normalized spacial score (nSPS) is 23.1. The van der Waals surface area contributed by atoms with E-state index in [0.29, 0.717) is 32.5 Å². The Bertz CT molecular complexity index is 367. The van der Waals surface area contributed by atoms with Gasteiger partial charge in [0.25, 0.3) is 0 Å². The molecule has 0 atom stereocenters. The van der Waals surface area contributed by atoms with Crippen molar-refractivity contribution in [3.8, 4) is 0 Å². The van der Waals surface area contributed by atoms with Crippen LogP contribution in [0.5, 0.6) is 0 Å². The summed E-state index contributed by atoms with van der Waals surface area (Å²) in [4.78, 5) is 25.0. The van der Waals surface area contributed by atoms with Crippen LogP contribution >= 0.6 is 0 Å². The predicted molar refractivity (Wildman–Crippen MR) is 68.7 cm³/mol. The maximum atomic E-state index is 11.9. The molecule has 2 amide bonds. The molecule has 6 heteroatoms. The molecule has 0 aromatic carbocycles. The van der Waals surface area contributed by atoms with Crippen molar-refractivity contribution in [3.05, 3.63) is 0 Å². The zero-order chi connectivity index (χ0) is 14.1. The number of rotatable bonds is 0. The first kappa shape index (κ1) is 14.1. The number of nitrogens with one attached hydrogen (secondary N) is 1. The summed E-state index contributed by atoms with van der Waals surface area (Å²) in [6, 6.07) is 0. The lowest BCUT2D eigenvalue weighted by Gasteiger charge is -2.44. The van der Waals surface area contributed by atoms with Crippen LogP contribution in [0.15, 0.2) is 0 Å². The Morgan fingerprint density at radius 2 is 2.00 bits per heavy atom. The van der Waals surface area contributed by atoms with Gasteiger partial charge in [0.15, 0.2) is 0 Å². The fourth-order valence-corrected chi connectivity index (χ4v) is 2.42. The van der Waals surface area contributed by atoms with Crippen LogP contribution in [0.25, 0.3) is 0 Å². The van der Waals surface area contributed by atoms with Gasteiger partial charge in [0.2, 0.25) is 5.91 Å². The van der Waals surface area contributed by atoms with Gasteiger partial charge in [0.1, 0.15) is 12.2 Å². The summed E-state index contributed by atoms with van der Waals surface area (Å²) in [5.41, 5.74) is -0.776. The molecule has 0 aromatic heterocycles. The molecule has 0 radical (unpaired) electrons. The fraction of sp³-hybridized carbons (Fsp3) is 0.846. The van der Waals surface area contributed by atoms with E-state index in [2.05, 4.69) is 5.32 Å². The lowest BCUT2D eigenvalue weighted by molar-refractivity contribution is -0.137. The Hall–Kier alpha value is -1.30. The standard InChI is InChI=1S/C13H22N2O4/c1-12(2,3)19-11(17)15-6-4-13(5-7-15)9-18-8-10(16)14-13/h4-9H2,1-3H3,(H,14,16). The molecular weight excluding hydrogens is 248 g/mol. The summed E-state index contributed by atoms with van der Waals surface area (Å²) in [6.07, 6.45) is 1.13. The molecule has 2 fully saturated rings. The highest BCUT2D eigenvalue weighted by atomic mass is 16.6. The highest BCUT2D eigenvalue weighted by molar-refractivity contribution is 5.79. The lowest BCUT2D eigenvalue weighted by Crippen LogP contribution is -2.62. The topological polar surface area (TPSA) is 67.9 Å². The van der Waals surface area contributed by atoms with E-state index >= 15 is 0 Å². The van der Waals surface area contributed by atoms with Crippen molar-refractivity contribution in [1.29, 1.82) is 0 Å². The number of amides is 2. The average molecular weight is 270 g/mol. The number of carbonyl (C=O) groups excluding carboxylic acids is 2. The van der Waals surface area contributed by atoms with Gasteiger partial charge in [0, 0.05) is 13.1 Å². The third-order valence-electron chi connectivity index (χ3n) is 3.39. The van der Waals surface area contributed by atoms with Gasteiger partial charge < -0.3 is 19.7 Å². The van der Waals surface area contributed by atoms with Crippen molar-refractivity contribution in [3.63, 3.8) is 0 Å². The van der Waals surface area contributed by atoms with E-state index < -0.39 is 5.60 Å². The Balaban J connectivity index is 1.88. The van der Waals surface area contributed by atoms with E-state index in [4.69, 9.17) is 9.47 Å². The molecule has 0 saturated carbocycles. The van der Waals surface area contributed by atoms with Crippen molar-refractivity contribution >= 4 is 12.0 Å². The molecule has 6 nitrogen and oxygen atoms in total. The van der Waals surface area contributed by atoms with Crippen molar-refractivity contribution < 1.29 is 19.1 Å². The van der Waals surface area contributed by atoms with Crippen LogP contribution in [0.4, 0.5) is 4.79 Å². The minimum Gasteiger partial charge on any atom is -0.444 e. The molecule has 0 aromatic rings. The highest BCUT2D eigenvalue weighted by Gasteiger charge is 2.40. The number of ether oxygens (including phenoxy) is 2. The minimum absolute atomic E-state index is 0.0723. The van der Waals surface area contributed by atoms with Gasteiger partial charge >= 0.3 is 6.09 Å². The van der Waals surface area contributed by atoms with Crippen LogP contribution in [-0.2, 0) is 14.3 Å². The van der Waals surface area contributed by atoms with Crippen LogP contribution in [0, 0.1) is 0 Å². The van der Waals surface area contributed by atoms with Gasteiger partial charge in [0.05, 0.1) is 12.1 Å². The second-order valence-corrected chi connectivity index (χ2v) is 6.29. The molecular formula is C13H22N2O4. The monoisotopic (exact) mass is 270 g/mol. The number of likely N-dealkylation sites (tertiary alicyclic amines) is 1. The third-order valence-corrected chi connectivity index (χ3v) is 3.39. The minimum atomic E-state index is -0.478. The number of morpholine rings is 1. The van der Waals surface area contributed by atoms with Crippen LogP contribution in [0.3, 0.4) is 0 Å². The molecule has 1 spiro atoms. The summed E-state index contributed by atoms with van der Waals surface area (Å²) in [5, 5.41) is 3.00. The molecule has 0 bridgehead atoms. The second kappa shape index (κ2) is 5.00. The Morgan fingerprint density at radius 3 is 2.53 bits per heavy atom. The summed E-state index contributed by atoms with van der Waals surface area (Å²) >= 11 is 0. The first-order valence-corrected chi connectivity index (χ1v) is 6.66. The largest absolute Gasteiger partial charge is 0.444 e. The lowest BCUT2D eigenvalue weighted by atomic mass is 9.87. The summed E-state index contributed by atoms with van der Waals surface area (Å²) < 4.78 is 10.6. The van der Waals surface area contributed by atoms with Crippen molar-refractivity contribution in [2.75, 3.05) is 26.3 Å². The van der Waals surface area contributed by atoms with Gasteiger partial charge in [-0.05, 0) is 33.6 Å². The number of nitrogens with zero attached hydrogens (tertiary/aromatic N) is 1. The first-order valence-electron chi connectivity index (χ1n) is 6.66. The quantitative estimate of drug-likeness (QED) is 0.710. The average Bonchev–Trinajstić information content (AvgIpc) is 2.27. The van der Waals surface area contributed by atoms with Crippen molar-refractivity contribution in [2.24, 2.45) is 0 Å². The predicted octanol–water partition coefficient (Wildman–Crippen LogP) is 0.902. The van der Waals surface area contributed by atoms with Crippen molar-refractivity contribution in [1.82, 2.24) is 10.2 Å². The van der Waals surface area contributed by atoms with Gasteiger partial charge in [-0.1, -0.05) is 0 Å². The maximum Gasteiger partial charge on any atom is 0.410 e. The van der Waals surface area contributed by atoms with Crippen LogP contribution in [0.1, 0.15) is 33.6 Å². The number of carbonyl (C=O) groups is 2. The van der Waals surface area contributed by atoms with E-state index in [1.807, 2.05) is 20.8 Å². The Kier molecular flexibility index (Phi) is 3.71. The summed E-state index contributed by atoms with van der Waals surface area (Å²) in [6.45, 7) is 7.39. The third kappa shape index (κ3) is 3.59. The Labute approximate surface area is 113 Å². The molecule has 0 unspecified atom stereocenters. The molecule has 1 N–H and O–H groups in total. The van der Waals surface area contributed by atoms with E-state index in [0.717, 1.165) is 0 Å². The molecule has 108 valence electrons. The molecule has 0 aliphatic carbocycles. The maximum absolute atomic E-state index is 11.9. The van der Waals surface area contributed by atoms with E-state index in [9.17, 15) is 9.59 Å². The van der Waals surface area contributed by atoms with E-state index in [1.165, 1.54) is 0 Å². The van der Waals surface area contributed by atoms with E-state index in [-0.39, 0.29) is 24.1 Å². The fourth-order valence-electron chi connectivity index (χ4n) is 2.42. The zero-order valence-corrected chi connectivity index (χ0v) is 11.8. The summed E-state index contributed by atoms with van der Waals surface area (Å²) in [7, 11) is 0. The van der Waals surface area contributed by atoms with E-state index in [1.54, 1.807) is 4.90 Å². The Morgan fingerprint density at radius 1 is 1.37 bits per heavy atom. The molecule has 2 rings (SSSR count). The van der Waals surface area contributed by atoms with Crippen LogP contribution in [0.2, 0.25) is 0 Å². The van der Waals surface area contributed by atoms with Crippen molar-refractivity contribution in [2.45, 2.75) is 44.8 Å². The van der Waals surface area contributed by atoms with Crippen LogP contribution < -0.4 is 5.32 Å². The zero-order valence-electron chi connectivity index (χ0n) is 11.8. The number of hydrogen-bond donors (Lipinski definition) is 1. The van der Waals surface area contributed by atoms with Gasteiger partial charge in [-0.3, -0.25) is 4.79 Å². The second-order valence-electron chi connectivity index (χ2n) is 6.29. The molecule has 19 heavy (non-hydrogen) atoms. The number of hydrogen-bond acceptors (Lipinski definition) is 4. The molecule has 2 aliphatic heterocycles. The summed E-state index contributed by atoms with van der Waals surface area (Å²) in [5.74, 6) is -0.0723. The first-order chi connectivity index (χ1) is 8.80. The highest BCUT2D eigenvalue weighted by Crippen LogP contribution is 2.25. The van der Waals surface area contributed by atoms with Gasteiger partial charge in [-0.2, -0.15) is 0 Å². The molecule has 2 saturated heterocycles. The van der Waals surface area contributed by atoms with Crippen LogP contribution in [-0.4, -0.2) is 54.3 Å². The smallest absolute Gasteiger partial charge is 0.410 e. The molecule has 2 aliphatic rings.